The molecule has 1 N–H and O–H groups in total. The second-order valence-corrected chi connectivity index (χ2v) is 4.39. The molecule has 20 heavy (non-hydrogen) atoms. The molecule has 0 spiro atoms. The number of benzene rings is 1. The van der Waals surface area contributed by atoms with E-state index in [4.69, 9.17) is 4.74 Å². The molecule has 1 aromatic heterocycles. The van der Waals surface area contributed by atoms with Gasteiger partial charge in [0.1, 0.15) is 12.3 Å². The molecule has 1 fully saturated rings. The first-order chi connectivity index (χ1) is 9.81. The Balaban J connectivity index is 1.82. The van der Waals surface area contributed by atoms with E-state index in [-0.39, 0.29) is 12.1 Å². The molecule has 0 aliphatic carbocycles. The van der Waals surface area contributed by atoms with Gasteiger partial charge in [0.25, 0.3) is 0 Å². The number of alkyl carbamates (subject to hydrolysis) is 1. The smallest absolute Gasteiger partial charge is 0.407 e. The molecule has 2 aromatic rings. The molecular weight excluding hydrogens is 252 g/mol. The van der Waals surface area contributed by atoms with Gasteiger partial charge in [-0.05, 0) is 35.7 Å². The van der Waals surface area contributed by atoms with Crippen LogP contribution in [-0.2, 0) is 4.74 Å². The first-order valence-corrected chi connectivity index (χ1v) is 6.27. The molecule has 98 valence electrons. The first-order valence-electron chi connectivity index (χ1n) is 6.27. The van der Waals surface area contributed by atoms with Crippen LogP contribution in [0.15, 0.2) is 48.7 Å². The molecule has 2 heterocycles. The van der Waals surface area contributed by atoms with E-state index in [1.54, 1.807) is 6.20 Å². The fourth-order valence-electron chi connectivity index (χ4n) is 1.97. The van der Waals surface area contributed by atoms with Gasteiger partial charge >= 0.3 is 6.09 Å². The SMILES string of the molecule is O=C1N[C@H](c2cccc(C#Cc3ccccn3)c2)CO1. The number of cyclic esters (lactones) is 1. The van der Waals surface area contributed by atoms with Gasteiger partial charge in [-0.1, -0.05) is 24.1 Å². The molecular formula is C16H12N2O2. The summed E-state index contributed by atoms with van der Waals surface area (Å²) in [5.74, 6) is 6.08. The average Bonchev–Trinajstić information content (AvgIpc) is 2.93. The van der Waals surface area contributed by atoms with E-state index in [9.17, 15) is 4.79 Å². The lowest BCUT2D eigenvalue weighted by Gasteiger charge is -2.07. The van der Waals surface area contributed by atoms with E-state index in [2.05, 4.69) is 22.1 Å². The van der Waals surface area contributed by atoms with Crippen molar-refractivity contribution in [1.82, 2.24) is 10.3 Å². The molecule has 1 amide bonds. The Morgan fingerprint density at radius 1 is 1.20 bits per heavy atom. The zero-order chi connectivity index (χ0) is 13.8. The molecule has 0 radical (unpaired) electrons. The monoisotopic (exact) mass is 264 g/mol. The van der Waals surface area contributed by atoms with Crippen molar-refractivity contribution < 1.29 is 9.53 Å². The Bertz CT molecular complexity index is 686. The van der Waals surface area contributed by atoms with E-state index in [0.717, 1.165) is 16.8 Å². The highest BCUT2D eigenvalue weighted by molar-refractivity contribution is 5.70. The number of nitrogens with zero attached hydrogens (tertiary/aromatic N) is 1. The molecule has 1 atom stereocenters. The third-order valence-electron chi connectivity index (χ3n) is 2.96. The van der Waals surface area contributed by atoms with E-state index >= 15 is 0 Å². The van der Waals surface area contributed by atoms with E-state index in [1.165, 1.54) is 0 Å². The summed E-state index contributed by atoms with van der Waals surface area (Å²) in [6.45, 7) is 0.357. The van der Waals surface area contributed by atoms with Gasteiger partial charge in [0.2, 0.25) is 0 Å². The third-order valence-corrected chi connectivity index (χ3v) is 2.96. The molecule has 4 heteroatoms. The highest BCUT2D eigenvalue weighted by Gasteiger charge is 2.23. The lowest BCUT2D eigenvalue weighted by Crippen LogP contribution is -2.18. The molecule has 3 rings (SSSR count). The molecule has 0 bridgehead atoms. The summed E-state index contributed by atoms with van der Waals surface area (Å²) in [5, 5.41) is 2.75. The number of carbonyl (C=O) groups excluding carboxylic acids is 1. The number of amides is 1. The zero-order valence-electron chi connectivity index (χ0n) is 10.7. The van der Waals surface area contributed by atoms with Gasteiger partial charge in [0, 0.05) is 11.8 Å². The summed E-state index contributed by atoms with van der Waals surface area (Å²) < 4.78 is 4.89. The van der Waals surface area contributed by atoms with Crippen LogP contribution in [0.2, 0.25) is 0 Å². The van der Waals surface area contributed by atoms with E-state index in [0.29, 0.717) is 6.61 Å². The number of rotatable bonds is 1. The van der Waals surface area contributed by atoms with E-state index in [1.807, 2.05) is 42.5 Å². The Morgan fingerprint density at radius 3 is 2.90 bits per heavy atom. The van der Waals surface area contributed by atoms with Gasteiger partial charge in [-0.3, -0.25) is 0 Å². The number of aromatic nitrogens is 1. The van der Waals surface area contributed by atoms with Crippen LogP contribution in [-0.4, -0.2) is 17.7 Å². The largest absolute Gasteiger partial charge is 0.447 e. The molecule has 1 aliphatic rings. The minimum Gasteiger partial charge on any atom is -0.447 e. The van der Waals surface area contributed by atoms with Crippen LogP contribution >= 0.6 is 0 Å². The summed E-state index contributed by atoms with van der Waals surface area (Å²) in [5.41, 5.74) is 2.60. The second kappa shape index (κ2) is 5.45. The van der Waals surface area contributed by atoms with Gasteiger partial charge in [-0.25, -0.2) is 9.78 Å². The minimum absolute atomic E-state index is 0.0981. The van der Waals surface area contributed by atoms with Crippen molar-refractivity contribution in [3.63, 3.8) is 0 Å². The van der Waals surface area contributed by atoms with Crippen LogP contribution in [0.4, 0.5) is 4.79 Å². The van der Waals surface area contributed by atoms with Crippen LogP contribution in [0.1, 0.15) is 22.9 Å². The van der Waals surface area contributed by atoms with Crippen molar-refractivity contribution in [2.45, 2.75) is 6.04 Å². The Morgan fingerprint density at radius 2 is 2.15 bits per heavy atom. The first kappa shape index (κ1) is 12.2. The molecule has 4 nitrogen and oxygen atoms in total. The summed E-state index contributed by atoms with van der Waals surface area (Å²) >= 11 is 0. The van der Waals surface area contributed by atoms with Gasteiger partial charge < -0.3 is 10.1 Å². The van der Waals surface area contributed by atoms with Crippen molar-refractivity contribution in [3.8, 4) is 11.8 Å². The summed E-state index contributed by atoms with van der Waals surface area (Å²) in [4.78, 5) is 15.2. The van der Waals surface area contributed by atoms with Crippen LogP contribution in [0, 0.1) is 11.8 Å². The maximum Gasteiger partial charge on any atom is 0.407 e. The number of hydrogen-bond donors (Lipinski definition) is 1. The maximum atomic E-state index is 11.1. The predicted octanol–water partition coefficient (Wildman–Crippen LogP) is 2.26. The standard InChI is InChI=1S/C16H12N2O2/c19-16-18-15(11-20-16)13-5-3-4-12(10-13)7-8-14-6-1-2-9-17-14/h1-6,9-10,15H,11H2,(H,18,19)/t15-/m0/s1. The van der Waals surface area contributed by atoms with Crippen molar-refractivity contribution in [3.05, 3.63) is 65.5 Å². The number of carbonyl (C=O) groups is 1. The molecule has 0 saturated carbocycles. The van der Waals surface area contributed by atoms with Crippen LogP contribution in [0.3, 0.4) is 0 Å². The molecule has 1 aliphatic heterocycles. The van der Waals surface area contributed by atoms with Crippen LogP contribution in [0.25, 0.3) is 0 Å². The quantitative estimate of drug-likeness (QED) is 0.804. The molecule has 0 unspecified atom stereocenters. The molecule has 1 aromatic carbocycles. The van der Waals surface area contributed by atoms with Crippen molar-refractivity contribution in [2.24, 2.45) is 0 Å². The summed E-state index contributed by atoms with van der Waals surface area (Å²) in [6, 6.07) is 13.3. The summed E-state index contributed by atoms with van der Waals surface area (Å²) in [6.07, 6.45) is 1.34. The lowest BCUT2D eigenvalue weighted by atomic mass is 10.1. The Kier molecular flexibility index (Phi) is 3.34. The Labute approximate surface area is 116 Å². The number of nitrogens with one attached hydrogen (secondary N) is 1. The number of pyridine rings is 1. The summed E-state index contributed by atoms with van der Waals surface area (Å²) in [7, 11) is 0. The van der Waals surface area contributed by atoms with E-state index < -0.39 is 0 Å². The predicted molar refractivity (Wildman–Crippen MR) is 73.9 cm³/mol. The van der Waals surface area contributed by atoms with Crippen LogP contribution in [0.5, 0.6) is 0 Å². The van der Waals surface area contributed by atoms with Crippen molar-refractivity contribution in [1.29, 1.82) is 0 Å². The number of hydrogen-bond acceptors (Lipinski definition) is 3. The maximum absolute atomic E-state index is 11.1. The minimum atomic E-state index is -0.375. The topological polar surface area (TPSA) is 51.2 Å². The normalized spacial score (nSPS) is 16.8. The highest BCUT2D eigenvalue weighted by Crippen LogP contribution is 2.18. The average molecular weight is 264 g/mol. The third kappa shape index (κ3) is 2.78. The van der Waals surface area contributed by atoms with Gasteiger partial charge in [0.15, 0.2) is 0 Å². The highest BCUT2D eigenvalue weighted by atomic mass is 16.6. The fourth-order valence-corrected chi connectivity index (χ4v) is 1.97. The molecule has 1 saturated heterocycles. The van der Waals surface area contributed by atoms with Gasteiger partial charge in [-0.15, -0.1) is 0 Å². The zero-order valence-corrected chi connectivity index (χ0v) is 10.7. The van der Waals surface area contributed by atoms with Gasteiger partial charge in [-0.2, -0.15) is 0 Å². The Hall–Kier alpha value is -2.80. The number of ether oxygens (including phenoxy) is 1. The lowest BCUT2D eigenvalue weighted by molar-refractivity contribution is 0.177. The second-order valence-electron chi connectivity index (χ2n) is 4.39. The van der Waals surface area contributed by atoms with Crippen molar-refractivity contribution in [2.75, 3.05) is 6.61 Å². The van der Waals surface area contributed by atoms with Crippen molar-refractivity contribution >= 4 is 6.09 Å². The fraction of sp³-hybridized carbons (Fsp3) is 0.125. The van der Waals surface area contributed by atoms with Gasteiger partial charge in [0.05, 0.1) is 6.04 Å². The van der Waals surface area contributed by atoms with Crippen LogP contribution < -0.4 is 5.32 Å².